The van der Waals surface area contributed by atoms with Gasteiger partial charge in [-0.15, -0.1) is 6.58 Å². The number of aliphatic carboxylic acids is 1. The maximum absolute atomic E-state index is 11.2. The monoisotopic (exact) mass is 247 g/mol. The molecule has 0 spiro atoms. The molecule has 0 unspecified atom stereocenters. The fourth-order valence-corrected chi connectivity index (χ4v) is 3.39. The third-order valence-corrected chi connectivity index (χ3v) is 4.46. The molecular formula is C10H17NO4S. The molecule has 0 amide bonds. The third-order valence-electron chi connectivity index (χ3n) is 2.74. The van der Waals surface area contributed by atoms with E-state index in [4.69, 9.17) is 5.11 Å². The van der Waals surface area contributed by atoms with Gasteiger partial charge in [0.1, 0.15) is 9.84 Å². The number of carbonyl (C=O) groups is 1. The highest BCUT2D eigenvalue weighted by Gasteiger charge is 2.28. The number of sulfone groups is 1. The Morgan fingerprint density at radius 1 is 1.44 bits per heavy atom. The first-order valence-electron chi connectivity index (χ1n) is 5.22. The first kappa shape index (κ1) is 13.2. The van der Waals surface area contributed by atoms with Gasteiger partial charge < -0.3 is 5.11 Å². The van der Waals surface area contributed by atoms with Crippen molar-refractivity contribution in [2.75, 3.05) is 24.6 Å². The topological polar surface area (TPSA) is 74.7 Å². The van der Waals surface area contributed by atoms with Gasteiger partial charge in [0.2, 0.25) is 0 Å². The number of hydrogen-bond acceptors (Lipinski definition) is 4. The summed E-state index contributed by atoms with van der Waals surface area (Å²) < 4.78 is 22.5. The number of rotatable bonds is 5. The van der Waals surface area contributed by atoms with Gasteiger partial charge in [-0.3, -0.25) is 9.69 Å². The van der Waals surface area contributed by atoms with Crippen molar-refractivity contribution in [3.8, 4) is 0 Å². The highest BCUT2D eigenvalue weighted by molar-refractivity contribution is 7.91. The summed E-state index contributed by atoms with van der Waals surface area (Å²) in [6.45, 7) is 4.00. The second-order valence-electron chi connectivity index (χ2n) is 3.99. The molecule has 0 radical (unpaired) electrons. The van der Waals surface area contributed by atoms with Gasteiger partial charge in [0, 0.05) is 12.6 Å². The lowest BCUT2D eigenvalue weighted by atomic mass is 10.1. The summed E-state index contributed by atoms with van der Waals surface area (Å²) in [7, 11) is -2.89. The first-order valence-corrected chi connectivity index (χ1v) is 7.04. The average Bonchev–Trinajstić information content (AvgIpc) is 2.16. The summed E-state index contributed by atoms with van der Waals surface area (Å²) in [5.74, 6) is -0.578. The Morgan fingerprint density at radius 2 is 2.00 bits per heavy atom. The summed E-state index contributed by atoms with van der Waals surface area (Å²) in [5, 5.41) is 8.75. The fraction of sp³-hybridized carbons (Fsp3) is 0.700. The maximum Gasteiger partial charge on any atom is 0.317 e. The highest BCUT2D eigenvalue weighted by Crippen LogP contribution is 2.17. The van der Waals surface area contributed by atoms with E-state index in [1.165, 1.54) is 0 Å². The predicted octanol–water partition coefficient (Wildman–Crippen LogP) is 0.136. The van der Waals surface area contributed by atoms with Crippen molar-refractivity contribution < 1.29 is 18.3 Å². The first-order chi connectivity index (χ1) is 7.44. The van der Waals surface area contributed by atoms with Crippen LogP contribution in [-0.4, -0.2) is 55.0 Å². The Balaban J connectivity index is 2.59. The van der Waals surface area contributed by atoms with Gasteiger partial charge >= 0.3 is 5.97 Å². The minimum atomic E-state index is -2.89. The van der Waals surface area contributed by atoms with Crippen LogP contribution >= 0.6 is 0 Å². The van der Waals surface area contributed by atoms with Gasteiger partial charge in [-0.1, -0.05) is 6.08 Å². The molecule has 1 heterocycles. The van der Waals surface area contributed by atoms with Gasteiger partial charge in [0.05, 0.1) is 18.1 Å². The zero-order chi connectivity index (χ0) is 12.2. The second kappa shape index (κ2) is 5.45. The van der Waals surface area contributed by atoms with Crippen LogP contribution in [0.2, 0.25) is 0 Å². The Kier molecular flexibility index (Phi) is 4.49. The SMILES string of the molecule is C=CCN(CC(=O)O)C1CCS(=O)(=O)CC1. The number of carboxylic acids is 1. The molecule has 0 aromatic heterocycles. The molecule has 1 fully saturated rings. The van der Waals surface area contributed by atoms with E-state index in [2.05, 4.69) is 6.58 Å². The Morgan fingerprint density at radius 3 is 2.44 bits per heavy atom. The molecule has 0 atom stereocenters. The van der Waals surface area contributed by atoms with Crippen molar-refractivity contribution in [2.45, 2.75) is 18.9 Å². The van der Waals surface area contributed by atoms with E-state index in [1.807, 2.05) is 0 Å². The zero-order valence-corrected chi connectivity index (χ0v) is 9.95. The number of nitrogens with zero attached hydrogens (tertiary/aromatic N) is 1. The molecule has 6 heteroatoms. The molecule has 16 heavy (non-hydrogen) atoms. The van der Waals surface area contributed by atoms with Crippen LogP contribution in [0, 0.1) is 0 Å². The van der Waals surface area contributed by atoms with Crippen molar-refractivity contribution in [3.05, 3.63) is 12.7 Å². The molecule has 1 rings (SSSR count). The standard InChI is InChI=1S/C10H17NO4S/c1-2-5-11(8-10(12)13)9-3-6-16(14,15)7-4-9/h2,9H,1,3-8H2,(H,12,13). The molecule has 0 bridgehead atoms. The summed E-state index contributed by atoms with van der Waals surface area (Å²) in [6, 6.07) is 0.0395. The Bertz CT molecular complexity index is 349. The number of carboxylic acid groups (broad SMARTS) is 1. The van der Waals surface area contributed by atoms with E-state index < -0.39 is 15.8 Å². The molecule has 0 aromatic carbocycles. The molecule has 1 aliphatic rings. The van der Waals surface area contributed by atoms with Crippen molar-refractivity contribution in [1.29, 1.82) is 0 Å². The van der Waals surface area contributed by atoms with Crippen molar-refractivity contribution in [2.24, 2.45) is 0 Å². The highest BCUT2D eigenvalue weighted by atomic mass is 32.2. The lowest BCUT2D eigenvalue weighted by Gasteiger charge is -2.32. The summed E-state index contributed by atoms with van der Waals surface area (Å²) in [5.41, 5.74) is 0. The van der Waals surface area contributed by atoms with Gasteiger partial charge in [0.25, 0.3) is 0 Å². The van der Waals surface area contributed by atoms with Gasteiger partial charge in [-0.2, -0.15) is 0 Å². The normalized spacial score (nSPS) is 20.8. The Labute approximate surface area is 95.7 Å². The smallest absolute Gasteiger partial charge is 0.317 e. The lowest BCUT2D eigenvalue weighted by Crippen LogP contribution is -2.43. The second-order valence-corrected chi connectivity index (χ2v) is 6.30. The molecular weight excluding hydrogens is 230 g/mol. The van der Waals surface area contributed by atoms with Crippen LogP contribution in [0.1, 0.15) is 12.8 Å². The van der Waals surface area contributed by atoms with E-state index in [0.29, 0.717) is 19.4 Å². The van der Waals surface area contributed by atoms with E-state index >= 15 is 0 Å². The molecule has 92 valence electrons. The van der Waals surface area contributed by atoms with Crippen molar-refractivity contribution in [1.82, 2.24) is 4.90 Å². The van der Waals surface area contributed by atoms with Gasteiger partial charge in [-0.25, -0.2) is 8.42 Å². The van der Waals surface area contributed by atoms with E-state index in [0.717, 1.165) is 0 Å². The van der Waals surface area contributed by atoms with Crippen LogP contribution in [0.25, 0.3) is 0 Å². The van der Waals surface area contributed by atoms with Crippen LogP contribution < -0.4 is 0 Å². The minimum Gasteiger partial charge on any atom is -0.480 e. The van der Waals surface area contributed by atoms with Crippen LogP contribution in [-0.2, 0) is 14.6 Å². The van der Waals surface area contributed by atoms with E-state index in [9.17, 15) is 13.2 Å². The molecule has 1 N–H and O–H groups in total. The molecule has 5 nitrogen and oxygen atoms in total. The Hall–Kier alpha value is -0.880. The van der Waals surface area contributed by atoms with Crippen molar-refractivity contribution in [3.63, 3.8) is 0 Å². The van der Waals surface area contributed by atoms with Gasteiger partial charge in [-0.05, 0) is 12.8 Å². The van der Waals surface area contributed by atoms with E-state index in [-0.39, 0.29) is 24.1 Å². The zero-order valence-electron chi connectivity index (χ0n) is 9.13. The molecule has 1 saturated heterocycles. The van der Waals surface area contributed by atoms with Crippen LogP contribution in [0.4, 0.5) is 0 Å². The van der Waals surface area contributed by atoms with Crippen LogP contribution in [0.15, 0.2) is 12.7 Å². The minimum absolute atomic E-state index is 0.0395. The predicted molar refractivity (Wildman–Crippen MR) is 61.1 cm³/mol. The summed E-state index contributed by atoms with van der Waals surface area (Å²) >= 11 is 0. The fourth-order valence-electron chi connectivity index (χ4n) is 1.93. The van der Waals surface area contributed by atoms with Crippen LogP contribution in [0.5, 0.6) is 0 Å². The molecule has 0 aromatic rings. The molecule has 1 aliphatic heterocycles. The number of hydrogen-bond donors (Lipinski definition) is 1. The molecule has 0 aliphatic carbocycles. The maximum atomic E-state index is 11.2. The van der Waals surface area contributed by atoms with Crippen molar-refractivity contribution >= 4 is 15.8 Å². The van der Waals surface area contributed by atoms with Gasteiger partial charge in [0.15, 0.2) is 0 Å². The average molecular weight is 247 g/mol. The molecule has 0 saturated carbocycles. The summed E-state index contributed by atoms with van der Waals surface area (Å²) in [6.07, 6.45) is 2.68. The quantitative estimate of drug-likeness (QED) is 0.699. The largest absolute Gasteiger partial charge is 0.480 e. The lowest BCUT2D eigenvalue weighted by molar-refractivity contribution is -0.138. The third kappa shape index (κ3) is 3.94. The summed E-state index contributed by atoms with van der Waals surface area (Å²) in [4.78, 5) is 12.4. The van der Waals surface area contributed by atoms with E-state index in [1.54, 1.807) is 11.0 Å². The van der Waals surface area contributed by atoms with Crippen LogP contribution in [0.3, 0.4) is 0 Å².